The Morgan fingerprint density at radius 2 is 0.688 bits per heavy atom. The second kappa shape index (κ2) is 12.2. The van der Waals surface area contributed by atoms with E-state index in [2.05, 4.69) is 0 Å². The lowest BCUT2D eigenvalue weighted by atomic mass is 10.8. The first kappa shape index (κ1) is 16.7. The first-order valence-corrected chi connectivity index (χ1v) is 9.46. The molecule has 0 radical (unpaired) electrons. The lowest BCUT2D eigenvalue weighted by Crippen LogP contribution is -2.08. The summed E-state index contributed by atoms with van der Waals surface area (Å²) < 4.78 is 0. The fraction of sp³-hybridized carbons (Fsp3) is 1.00. The minimum absolute atomic E-state index is 0.198. The molecule has 0 aromatic rings. The molecule has 4 N–H and O–H groups in total. The van der Waals surface area contributed by atoms with Gasteiger partial charge < -0.3 is 20.4 Å². The van der Waals surface area contributed by atoms with Crippen LogP contribution in [0.15, 0.2) is 0 Å². The van der Waals surface area contributed by atoms with Gasteiger partial charge >= 0.3 is 0 Å². The molecule has 0 aliphatic carbocycles. The van der Waals surface area contributed by atoms with E-state index in [4.69, 9.17) is 20.4 Å². The molecule has 0 aromatic carbocycles. The summed E-state index contributed by atoms with van der Waals surface area (Å²) in [4.78, 5) is 0. The standard InChI is InChI=1S/C10H24O4P2/c11-1-5-15(6-2-12)9-10-16(7-3-13)8-4-14/h11-14H,1-10H2. The van der Waals surface area contributed by atoms with E-state index in [9.17, 15) is 0 Å². The van der Waals surface area contributed by atoms with Crippen molar-refractivity contribution in [2.24, 2.45) is 0 Å². The molecule has 0 bridgehead atoms. The van der Waals surface area contributed by atoms with E-state index in [-0.39, 0.29) is 42.3 Å². The van der Waals surface area contributed by atoms with E-state index in [1.165, 1.54) is 0 Å². The summed E-state index contributed by atoms with van der Waals surface area (Å²) in [7, 11) is -0.524. The molecule has 0 spiro atoms. The molecule has 0 heterocycles. The zero-order valence-electron chi connectivity index (χ0n) is 9.75. The Morgan fingerprint density at radius 3 is 0.875 bits per heavy atom. The van der Waals surface area contributed by atoms with E-state index >= 15 is 0 Å². The summed E-state index contributed by atoms with van der Waals surface area (Å²) in [5, 5.41) is 35.6. The summed E-state index contributed by atoms with van der Waals surface area (Å²) in [6, 6.07) is 0. The zero-order chi connectivity index (χ0) is 12.2. The Bertz CT molecular complexity index is 121. The summed E-state index contributed by atoms with van der Waals surface area (Å²) in [6.07, 6.45) is 5.30. The Labute approximate surface area is 100 Å². The van der Waals surface area contributed by atoms with Crippen LogP contribution in [0.2, 0.25) is 0 Å². The van der Waals surface area contributed by atoms with Crippen molar-refractivity contribution in [1.82, 2.24) is 0 Å². The molecule has 4 nitrogen and oxygen atoms in total. The predicted octanol–water partition coefficient (Wildman–Crippen LogP) is -0.0806. The smallest absolute Gasteiger partial charge is 0.0470 e. The molecule has 0 aliphatic heterocycles. The van der Waals surface area contributed by atoms with E-state index in [1.54, 1.807) is 0 Å². The highest BCUT2D eigenvalue weighted by molar-refractivity contribution is 7.61. The third-order valence-corrected chi connectivity index (χ3v) is 7.79. The Kier molecular flexibility index (Phi) is 12.7. The second-order valence-electron chi connectivity index (χ2n) is 3.58. The molecule has 0 fully saturated rings. The monoisotopic (exact) mass is 270 g/mol. The average molecular weight is 270 g/mol. The molecule has 0 saturated carbocycles. The van der Waals surface area contributed by atoms with Gasteiger partial charge in [-0.25, -0.2) is 0 Å². The van der Waals surface area contributed by atoms with Crippen LogP contribution in [0.1, 0.15) is 0 Å². The van der Waals surface area contributed by atoms with Gasteiger partial charge in [0.15, 0.2) is 0 Å². The van der Waals surface area contributed by atoms with Gasteiger partial charge in [0.25, 0.3) is 0 Å². The molecule has 16 heavy (non-hydrogen) atoms. The molecule has 6 heteroatoms. The third kappa shape index (κ3) is 8.81. The molecule has 98 valence electrons. The fourth-order valence-electron chi connectivity index (χ4n) is 1.52. The van der Waals surface area contributed by atoms with Gasteiger partial charge in [-0.3, -0.25) is 0 Å². The summed E-state index contributed by atoms with van der Waals surface area (Å²) in [5.74, 6) is 0. The first-order valence-electron chi connectivity index (χ1n) is 5.66. The first-order chi connectivity index (χ1) is 7.78. The predicted molar refractivity (Wildman–Crippen MR) is 71.4 cm³/mol. The molecule has 0 unspecified atom stereocenters. The quantitative estimate of drug-likeness (QED) is 0.396. The van der Waals surface area contributed by atoms with Crippen LogP contribution in [0.4, 0.5) is 0 Å². The Hall–Kier alpha value is 0.700. The van der Waals surface area contributed by atoms with Gasteiger partial charge in [0, 0.05) is 26.4 Å². The van der Waals surface area contributed by atoms with E-state index in [1.807, 2.05) is 0 Å². The van der Waals surface area contributed by atoms with Gasteiger partial charge in [0.2, 0.25) is 0 Å². The van der Waals surface area contributed by atoms with Crippen LogP contribution in [0.5, 0.6) is 0 Å². The lowest BCUT2D eigenvalue weighted by molar-refractivity contribution is 0.314. The van der Waals surface area contributed by atoms with Crippen molar-refractivity contribution in [3.63, 3.8) is 0 Å². The molecule has 0 atom stereocenters. The largest absolute Gasteiger partial charge is 0.396 e. The summed E-state index contributed by atoms with van der Waals surface area (Å²) in [6.45, 7) is 0.792. The van der Waals surface area contributed by atoms with Crippen molar-refractivity contribution in [3.8, 4) is 0 Å². The molecule has 0 aliphatic rings. The van der Waals surface area contributed by atoms with Crippen molar-refractivity contribution in [2.45, 2.75) is 0 Å². The van der Waals surface area contributed by atoms with Crippen LogP contribution in [-0.4, -0.2) is 83.8 Å². The van der Waals surface area contributed by atoms with Crippen LogP contribution in [0, 0.1) is 0 Å². The Morgan fingerprint density at radius 1 is 0.438 bits per heavy atom. The molecule has 0 aromatic heterocycles. The van der Waals surface area contributed by atoms with Crippen molar-refractivity contribution in [3.05, 3.63) is 0 Å². The van der Waals surface area contributed by atoms with Crippen molar-refractivity contribution in [1.29, 1.82) is 0 Å². The maximum absolute atomic E-state index is 8.90. The zero-order valence-corrected chi connectivity index (χ0v) is 11.5. The maximum Gasteiger partial charge on any atom is 0.0470 e. The highest BCUT2D eigenvalue weighted by Crippen LogP contribution is 2.41. The molecular formula is C10H24O4P2. The van der Waals surface area contributed by atoms with Crippen LogP contribution in [-0.2, 0) is 0 Å². The van der Waals surface area contributed by atoms with Crippen molar-refractivity contribution in [2.75, 3.05) is 63.4 Å². The van der Waals surface area contributed by atoms with Gasteiger partial charge in [-0.2, -0.15) is 0 Å². The molecule has 0 saturated heterocycles. The number of aliphatic hydroxyl groups excluding tert-OH is 4. The maximum atomic E-state index is 8.90. The average Bonchev–Trinajstić information content (AvgIpc) is 2.27. The van der Waals surface area contributed by atoms with Crippen LogP contribution in [0.3, 0.4) is 0 Å². The third-order valence-electron chi connectivity index (χ3n) is 2.40. The van der Waals surface area contributed by atoms with Crippen molar-refractivity contribution < 1.29 is 20.4 Å². The van der Waals surface area contributed by atoms with Crippen molar-refractivity contribution >= 4 is 15.8 Å². The SMILES string of the molecule is OCCP(CCO)CCP(CCO)CCO. The Balaban J connectivity index is 3.83. The van der Waals surface area contributed by atoms with Gasteiger partial charge in [-0.1, -0.05) is 0 Å². The topological polar surface area (TPSA) is 80.9 Å². The van der Waals surface area contributed by atoms with E-state index < -0.39 is 0 Å². The van der Waals surface area contributed by atoms with Gasteiger partial charge in [-0.05, 0) is 37.0 Å². The molecule has 0 amide bonds. The second-order valence-corrected chi connectivity index (χ2v) is 8.94. The van der Waals surface area contributed by atoms with E-state index in [0.29, 0.717) is 0 Å². The summed E-state index contributed by atoms with van der Waals surface area (Å²) in [5.41, 5.74) is 0. The summed E-state index contributed by atoms with van der Waals surface area (Å²) >= 11 is 0. The van der Waals surface area contributed by atoms with Gasteiger partial charge in [0.05, 0.1) is 0 Å². The van der Waals surface area contributed by atoms with Crippen LogP contribution in [0.25, 0.3) is 0 Å². The number of hydrogen-bond donors (Lipinski definition) is 4. The highest BCUT2D eigenvalue weighted by atomic mass is 31.1. The minimum atomic E-state index is -0.262. The fourth-order valence-corrected chi connectivity index (χ4v) is 6.26. The minimum Gasteiger partial charge on any atom is -0.396 e. The van der Waals surface area contributed by atoms with Gasteiger partial charge in [0.1, 0.15) is 0 Å². The lowest BCUT2D eigenvalue weighted by Gasteiger charge is -2.20. The highest BCUT2D eigenvalue weighted by Gasteiger charge is 2.11. The van der Waals surface area contributed by atoms with Crippen LogP contribution >= 0.6 is 15.8 Å². The van der Waals surface area contributed by atoms with E-state index in [0.717, 1.165) is 37.0 Å². The van der Waals surface area contributed by atoms with Gasteiger partial charge in [-0.15, -0.1) is 15.8 Å². The number of rotatable bonds is 11. The van der Waals surface area contributed by atoms with Crippen LogP contribution < -0.4 is 0 Å². The molecule has 0 rings (SSSR count). The number of hydrogen-bond acceptors (Lipinski definition) is 4. The normalized spacial score (nSPS) is 11.6. The molecular weight excluding hydrogens is 246 g/mol. The number of aliphatic hydroxyl groups is 4.